The Hall–Kier alpha value is -3.06. The number of nitrogens with zero attached hydrogens (tertiary/aromatic N) is 2. The van der Waals surface area contributed by atoms with E-state index in [1.54, 1.807) is 29.1 Å². The zero-order chi connectivity index (χ0) is 17.6. The number of hydrogen-bond acceptors (Lipinski definition) is 4. The van der Waals surface area contributed by atoms with Gasteiger partial charge in [0.2, 0.25) is 0 Å². The van der Waals surface area contributed by atoms with E-state index in [0.29, 0.717) is 17.9 Å². The first-order valence-electron chi connectivity index (χ1n) is 8.01. The van der Waals surface area contributed by atoms with Crippen LogP contribution < -0.4 is 10.6 Å². The van der Waals surface area contributed by atoms with Gasteiger partial charge in [0, 0.05) is 30.5 Å². The Morgan fingerprint density at radius 3 is 2.92 bits per heavy atom. The Bertz CT molecular complexity index is 800. The van der Waals surface area contributed by atoms with Gasteiger partial charge >= 0.3 is 6.03 Å². The largest absolute Gasteiger partial charge is 0.467 e. The maximum Gasteiger partial charge on any atom is 0.319 e. The van der Waals surface area contributed by atoms with Gasteiger partial charge in [-0.25, -0.2) is 9.48 Å². The van der Waals surface area contributed by atoms with Gasteiger partial charge in [-0.1, -0.05) is 6.07 Å². The fraction of sp³-hybridized carbons (Fsp3) is 0.222. The molecule has 7 heteroatoms. The molecule has 0 aliphatic heterocycles. The van der Waals surface area contributed by atoms with Gasteiger partial charge in [0.15, 0.2) is 0 Å². The number of benzene rings is 1. The predicted octanol–water partition coefficient (Wildman–Crippen LogP) is 3.10. The molecule has 2 atom stereocenters. The van der Waals surface area contributed by atoms with Crippen LogP contribution in [0.15, 0.2) is 65.5 Å². The average Bonchev–Trinajstić information content (AvgIpc) is 3.28. The number of furan rings is 1. The smallest absolute Gasteiger partial charge is 0.319 e. The van der Waals surface area contributed by atoms with Crippen LogP contribution in [0.5, 0.6) is 0 Å². The van der Waals surface area contributed by atoms with Crippen molar-refractivity contribution in [2.75, 3.05) is 5.32 Å². The molecule has 0 radical (unpaired) electrons. The first kappa shape index (κ1) is 16.8. The van der Waals surface area contributed by atoms with Crippen molar-refractivity contribution in [2.24, 2.45) is 0 Å². The highest BCUT2D eigenvalue weighted by Gasteiger charge is 2.16. The van der Waals surface area contributed by atoms with Crippen molar-refractivity contribution < 1.29 is 14.3 Å². The zero-order valence-corrected chi connectivity index (χ0v) is 13.8. The van der Waals surface area contributed by atoms with Gasteiger partial charge in [-0.3, -0.25) is 0 Å². The van der Waals surface area contributed by atoms with E-state index in [4.69, 9.17) is 4.42 Å². The number of carbonyl (C=O) groups excluding carboxylic acids is 1. The van der Waals surface area contributed by atoms with Crippen molar-refractivity contribution in [1.82, 2.24) is 15.1 Å². The summed E-state index contributed by atoms with van der Waals surface area (Å²) in [7, 11) is 0. The van der Waals surface area contributed by atoms with Crippen molar-refractivity contribution >= 4 is 11.7 Å². The normalized spacial score (nSPS) is 13.2. The fourth-order valence-corrected chi connectivity index (χ4v) is 2.53. The van der Waals surface area contributed by atoms with Crippen molar-refractivity contribution in [3.05, 3.63) is 66.9 Å². The summed E-state index contributed by atoms with van der Waals surface area (Å²) in [6.07, 6.45) is 4.63. The number of anilines is 1. The Kier molecular flexibility index (Phi) is 5.15. The fourth-order valence-electron chi connectivity index (χ4n) is 2.53. The highest BCUT2D eigenvalue weighted by atomic mass is 16.4. The van der Waals surface area contributed by atoms with Crippen LogP contribution in [0.2, 0.25) is 0 Å². The maximum atomic E-state index is 12.1. The third kappa shape index (κ3) is 4.48. The van der Waals surface area contributed by atoms with Gasteiger partial charge in [-0.15, -0.1) is 0 Å². The standard InChI is InChI=1S/C18H20N4O3/c1-13(11-16(23)17-7-3-10-25-17)20-18(24)21-14-5-2-6-15(12-14)22-9-4-8-19-22/h2-10,12-13,16,23H,11H2,1H3,(H2,20,21,24)/t13-,16-/m0/s1. The minimum atomic E-state index is -0.756. The van der Waals surface area contributed by atoms with Crippen LogP contribution in [0.3, 0.4) is 0 Å². The summed E-state index contributed by atoms with van der Waals surface area (Å²) in [5.41, 5.74) is 1.51. The van der Waals surface area contributed by atoms with Crippen molar-refractivity contribution in [3.63, 3.8) is 0 Å². The van der Waals surface area contributed by atoms with Crippen LogP contribution in [-0.4, -0.2) is 27.0 Å². The lowest BCUT2D eigenvalue weighted by Crippen LogP contribution is -2.37. The molecule has 0 saturated heterocycles. The second-order valence-corrected chi connectivity index (χ2v) is 5.77. The van der Waals surface area contributed by atoms with E-state index in [0.717, 1.165) is 5.69 Å². The molecule has 1 aromatic carbocycles. The van der Waals surface area contributed by atoms with E-state index in [9.17, 15) is 9.90 Å². The maximum absolute atomic E-state index is 12.1. The van der Waals surface area contributed by atoms with E-state index >= 15 is 0 Å². The average molecular weight is 340 g/mol. The summed E-state index contributed by atoms with van der Waals surface area (Å²) in [6, 6.07) is 12.1. The van der Waals surface area contributed by atoms with Crippen LogP contribution in [0.25, 0.3) is 5.69 Å². The van der Waals surface area contributed by atoms with Crippen molar-refractivity contribution in [3.8, 4) is 5.69 Å². The van der Waals surface area contributed by atoms with Crippen LogP contribution in [-0.2, 0) is 0 Å². The lowest BCUT2D eigenvalue weighted by Gasteiger charge is -2.17. The van der Waals surface area contributed by atoms with Gasteiger partial charge in [-0.05, 0) is 43.3 Å². The molecule has 2 amide bonds. The number of aromatic nitrogens is 2. The molecule has 0 unspecified atom stereocenters. The third-order valence-corrected chi connectivity index (χ3v) is 3.70. The summed E-state index contributed by atoms with van der Waals surface area (Å²) < 4.78 is 6.87. The Labute approximate surface area is 145 Å². The number of hydrogen-bond donors (Lipinski definition) is 3. The van der Waals surface area contributed by atoms with E-state index in [2.05, 4.69) is 15.7 Å². The third-order valence-electron chi connectivity index (χ3n) is 3.70. The highest BCUT2D eigenvalue weighted by molar-refractivity contribution is 5.89. The molecule has 130 valence electrons. The number of urea groups is 1. The summed E-state index contributed by atoms with van der Waals surface area (Å²) in [4.78, 5) is 12.1. The lowest BCUT2D eigenvalue weighted by molar-refractivity contribution is 0.130. The summed E-state index contributed by atoms with van der Waals surface area (Å²) in [5, 5.41) is 19.8. The molecule has 3 rings (SSSR count). The molecular formula is C18H20N4O3. The monoisotopic (exact) mass is 340 g/mol. The molecule has 0 aliphatic carbocycles. The molecule has 7 nitrogen and oxygen atoms in total. The predicted molar refractivity (Wildman–Crippen MR) is 93.5 cm³/mol. The van der Waals surface area contributed by atoms with Crippen molar-refractivity contribution in [1.29, 1.82) is 0 Å². The first-order chi connectivity index (χ1) is 12.1. The van der Waals surface area contributed by atoms with Gasteiger partial charge in [0.25, 0.3) is 0 Å². The molecule has 3 N–H and O–H groups in total. The van der Waals surface area contributed by atoms with Crippen LogP contribution in [0.4, 0.5) is 10.5 Å². The number of aliphatic hydroxyl groups excluding tert-OH is 1. The number of rotatable bonds is 6. The van der Waals surface area contributed by atoms with Crippen LogP contribution >= 0.6 is 0 Å². The van der Waals surface area contributed by atoms with Gasteiger partial charge in [0.1, 0.15) is 11.9 Å². The SMILES string of the molecule is C[C@@H](C[C@H](O)c1ccco1)NC(=O)Nc1cccc(-n2cccn2)c1. The quantitative estimate of drug-likeness (QED) is 0.643. The van der Waals surface area contributed by atoms with E-state index in [1.165, 1.54) is 6.26 Å². The molecule has 2 heterocycles. The van der Waals surface area contributed by atoms with Crippen LogP contribution in [0.1, 0.15) is 25.2 Å². The Morgan fingerprint density at radius 1 is 1.32 bits per heavy atom. The summed E-state index contributed by atoms with van der Waals surface area (Å²) >= 11 is 0. The van der Waals surface area contributed by atoms with Gasteiger partial charge in [0.05, 0.1) is 12.0 Å². The van der Waals surface area contributed by atoms with Gasteiger partial charge < -0.3 is 20.2 Å². The number of carbonyl (C=O) groups is 1. The van der Waals surface area contributed by atoms with E-state index in [1.807, 2.05) is 37.4 Å². The molecule has 2 aromatic heterocycles. The molecule has 0 spiro atoms. The van der Waals surface area contributed by atoms with E-state index in [-0.39, 0.29) is 12.1 Å². The second-order valence-electron chi connectivity index (χ2n) is 5.77. The molecule has 0 aliphatic rings. The minimum absolute atomic E-state index is 0.227. The molecule has 3 aromatic rings. The van der Waals surface area contributed by atoms with Gasteiger partial charge in [-0.2, -0.15) is 5.10 Å². The molecular weight excluding hydrogens is 320 g/mol. The number of nitrogens with one attached hydrogen (secondary N) is 2. The topological polar surface area (TPSA) is 92.3 Å². The number of aliphatic hydroxyl groups is 1. The second kappa shape index (κ2) is 7.67. The molecule has 0 bridgehead atoms. The zero-order valence-electron chi connectivity index (χ0n) is 13.8. The molecule has 0 fully saturated rings. The lowest BCUT2D eigenvalue weighted by atomic mass is 10.1. The number of amides is 2. The Balaban J connectivity index is 1.54. The minimum Gasteiger partial charge on any atom is -0.467 e. The molecule has 25 heavy (non-hydrogen) atoms. The summed E-state index contributed by atoms with van der Waals surface area (Å²) in [6.45, 7) is 1.83. The summed E-state index contributed by atoms with van der Waals surface area (Å²) in [5.74, 6) is 0.487. The van der Waals surface area contributed by atoms with E-state index < -0.39 is 6.10 Å². The molecule has 0 saturated carbocycles. The first-order valence-corrected chi connectivity index (χ1v) is 8.01. The van der Waals surface area contributed by atoms with Crippen LogP contribution in [0, 0.1) is 0 Å². The Morgan fingerprint density at radius 2 is 2.20 bits per heavy atom. The highest BCUT2D eigenvalue weighted by Crippen LogP contribution is 2.18. The van der Waals surface area contributed by atoms with Crippen molar-refractivity contribution in [2.45, 2.75) is 25.5 Å².